The van der Waals surface area contributed by atoms with Crippen molar-refractivity contribution < 1.29 is 4.74 Å². The van der Waals surface area contributed by atoms with Gasteiger partial charge in [0.05, 0.1) is 12.2 Å². The SMILES string of the molecule is CCc1nc(N2C[C@@H](C)O[C@@H](C)C2)ccc1C1(N)CC2(CC(N)C2)C1. The van der Waals surface area contributed by atoms with Crippen LogP contribution in [0, 0.1) is 5.41 Å². The normalized spacial score (nSPS) is 40.7. The van der Waals surface area contributed by atoms with Gasteiger partial charge < -0.3 is 21.1 Å². The topological polar surface area (TPSA) is 77.4 Å². The highest BCUT2D eigenvalue weighted by Gasteiger charge is 2.58. The van der Waals surface area contributed by atoms with E-state index in [2.05, 4.69) is 37.8 Å². The van der Waals surface area contributed by atoms with E-state index in [4.69, 9.17) is 21.2 Å². The molecule has 2 saturated carbocycles. The number of nitrogens with two attached hydrogens (primary N) is 2. The van der Waals surface area contributed by atoms with Crippen LogP contribution in [0.15, 0.2) is 12.1 Å². The van der Waals surface area contributed by atoms with Crippen molar-refractivity contribution in [3.05, 3.63) is 23.4 Å². The summed E-state index contributed by atoms with van der Waals surface area (Å²) in [6, 6.07) is 4.78. The number of hydrogen-bond acceptors (Lipinski definition) is 5. The zero-order chi connectivity index (χ0) is 17.8. The van der Waals surface area contributed by atoms with Crippen LogP contribution >= 0.6 is 0 Å². The monoisotopic (exact) mass is 344 g/mol. The number of pyridine rings is 1. The molecule has 0 aromatic carbocycles. The average molecular weight is 345 g/mol. The Bertz CT molecular complexity index is 637. The standard InChI is InChI=1S/C20H32N4O/c1-4-17-16(20(22)11-19(12-20)7-15(21)8-19)5-6-18(23-17)24-9-13(2)25-14(3)10-24/h5-6,13-15H,4,7-12,21-22H2,1-3H3/t13-,14+,15?,19?,20?. The minimum atomic E-state index is -0.206. The first kappa shape index (κ1) is 17.3. The van der Waals surface area contributed by atoms with Crippen molar-refractivity contribution >= 4 is 5.82 Å². The first-order valence-corrected chi connectivity index (χ1v) is 9.78. The third-order valence-corrected chi connectivity index (χ3v) is 6.35. The van der Waals surface area contributed by atoms with E-state index in [0.29, 0.717) is 11.5 Å². The minimum Gasteiger partial charge on any atom is -0.372 e. The lowest BCUT2D eigenvalue weighted by Gasteiger charge is -2.62. The highest BCUT2D eigenvalue weighted by molar-refractivity contribution is 5.46. The van der Waals surface area contributed by atoms with Crippen LogP contribution in [0.3, 0.4) is 0 Å². The number of anilines is 1. The van der Waals surface area contributed by atoms with E-state index >= 15 is 0 Å². The second-order valence-electron chi connectivity index (χ2n) is 8.86. The second kappa shape index (κ2) is 5.93. The van der Waals surface area contributed by atoms with Crippen molar-refractivity contribution in [2.45, 2.75) is 76.7 Å². The van der Waals surface area contributed by atoms with Gasteiger partial charge in [-0.1, -0.05) is 13.0 Å². The number of nitrogens with zero attached hydrogens (tertiary/aromatic N) is 2. The largest absolute Gasteiger partial charge is 0.372 e. The number of morpholine rings is 1. The first-order valence-electron chi connectivity index (χ1n) is 9.78. The van der Waals surface area contributed by atoms with Gasteiger partial charge in [-0.15, -0.1) is 0 Å². The molecule has 25 heavy (non-hydrogen) atoms. The first-order chi connectivity index (χ1) is 11.8. The van der Waals surface area contributed by atoms with Gasteiger partial charge in [0, 0.05) is 30.4 Å². The molecule has 1 aromatic heterocycles. The maximum absolute atomic E-state index is 6.79. The number of ether oxygens (including phenoxy) is 1. The van der Waals surface area contributed by atoms with Crippen LogP contribution in [0.5, 0.6) is 0 Å². The molecular formula is C20H32N4O. The average Bonchev–Trinajstić information content (AvgIpc) is 2.50. The highest BCUT2D eigenvalue weighted by atomic mass is 16.5. The molecule has 1 aliphatic heterocycles. The number of aryl methyl sites for hydroxylation is 1. The smallest absolute Gasteiger partial charge is 0.128 e. The lowest BCUT2D eigenvalue weighted by Crippen LogP contribution is -2.63. The van der Waals surface area contributed by atoms with E-state index in [9.17, 15) is 0 Å². The molecule has 1 aromatic rings. The van der Waals surface area contributed by atoms with Crippen molar-refractivity contribution in [3.63, 3.8) is 0 Å². The Morgan fingerprint density at radius 3 is 2.40 bits per heavy atom. The van der Waals surface area contributed by atoms with Crippen LogP contribution in [-0.4, -0.2) is 36.3 Å². The van der Waals surface area contributed by atoms with Crippen molar-refractivity contribution in [2.24, 2.45) is 16.9 Å². The van der Waals surface area contributed by atoms with Gasteiger partial charge in [0.1, 0.15) is 5.82 Å². The Kier molecular flexibility index (Phi) is 4.09. The molecule has 2 heterocycles. The summed E-state index contributed by atoms with van der Waals surface area (Å²) in [7, 11) is 0. The van der Waals surface area contributed by atoms with Crippen molar-refractivity contribution in [2.75, 3.05) is 18.0 Å². The Morgan fingerprint density at radius 2 is 1.84 bits per heavy atom. The number of aromatic nitrogens is 1. The summed E-state index contributed by atoms with van der Waals surface area (Å²) in [5.41, 5.74) is 15.4. The number of rotatable bonds is 3. The van der Waals surface area contributed by atoms with Gasteiger partial charge in [0.2, 0.25) is 0 Å². The third-order valence-electron chi connectivity index (χ3n) is 6.35. The summed E-state index contributed by atoms with van der Waals surface area (Å²) in [6.07, 6.45) is 5.81. The Morgan fingerprint density at radius 1 is 1.20 bits per heavy atom. The van der Waals surface area contributed by atoms with E-state index in [0.717, 1.165) is 56.7 Å². The van der Waals surface area contributed by atoms with Gasteiger partial charge in [-0.05, 0) is 63.0 Å². The molecule has 0 unspecified atom stereocenters. The Hall–Kier alpha value is -1.17. The summed E-state index contributed by atoms with van der Waals surface area (Å²) < 4.78 is 5.85. The fourth-order valence-electron chi connectivity index (χ4n) is 5.57. The van der Waals surface area contributed by atoms with E-state index in [1.165, 1.54) is 5.56 Å². The molecular weight excluding hydrogens is 312 g/mol. The van der Waals surface area contributed by atoms with Crippen molar-refractivity contribution in [3.8, 4) is 0 Å². The lowest BCUT2D eigenvalue weighted by atomic mass is 9.46. The minimum absolute atomic E-state index is 0.206. The Balaban J connectivity index is 1.54. The summed E-state index contributed by atoms with van der Waals surface area (Å²) >= 11 is 0. The molecule has 138 valence electrons. The molecule has 5 nitrogen and oxygen atoms in total. The molecule has 4 N–H and O–H groups in total. The second-order valence-corrected chi connectivity index (χ2v) is 8.86. The predicted octanol–water partition coefficient (Wildman–Crippen LogP) is 2.31. The summed E-state index contributed by atoms with van der Waals surface area (Å²) in [6.45, 7) is 8.23. The maximum atomic E-state index is 6.79. The van der Waals surface area contributed by atoms with Gasteiger partial charge in [-0.2, -0.15) is 0 Å². The molecule has 4 rings (SSSR count). The fraction of sp³-hybridized carbons (Fsp3) is 0.750. The third kappa shape index (κ3) is 2.96. The molecule has 3 aliphatic rings. The molecule has 5 heteroatoms. The molecule has 2 atom stereocenters. The summed E-state index contributed by atoms with van der Waals surface area (Å²) in [5, 5.41) is 0. The van der Waals surface area contributed by atoms with Crippen LogP contribution in [0.4, 0.5) is 5.82 Å². The quantitative estimate of drug-likeness (QED) is 0.880. The Labute approximate surface area is 151 Å². The maximum Gasteiger partial charge on any atom is 0.128 e. The molecule has 1 spiro atoms. The van der Waals surface area contributed by atoms with Crippen LogP contribution in [0.25, 0.3) is 0 Å². The van der Waals surface area contributed by atoms with Gasteiger partial charge >= 0.3 is 0 Å². The van der Waals surface area contributed by atoms with E-state index in [1.54, 1.807) is 0 Å². The number of hydrogen-bond donors (Lipinski definition) is 2. The predicted molar refractivity (Wildman–Crippen MR) is 101 cm³/mol. The zero-order valence-electron chi connectivity index (χ0n) is 15.8. The lowest BCUT2D eigenvalue weighted by molar-refractivity contribution is -0.0594. The van der Waals surface area contributed by atoms with Gasteiger partial charge in [0.25, 0.3) is 0 Å². The highest BCUT2D eigenvalue weighted by Crippen LogP contribution is 2.62. The summed E-state index contributed by atoms with van der Waals surface area (Å²) in [5.74, 6) is 1.06. The molecule has 3 fully saturated rings. The van der Waals surface area contributed by atoms with Crippen LogP contribution in [0.2, 0.25) is 0 Å². The van der Waals surface area contributed by atoms with Crippen molar-refractivity contribution in [1.29, 1.82) is 0 Å². The van der Waals surface area contributed by atoms with Gasteiger partial charge in [-0.25, -0.2) is 4.98 Å². The van der Waals surface area contributed by atoms with E-state index < -0.39 is 0 Å². The van der Waals surface area contributed by atoms with Crippen molar-refractivity contribution in [1.82, 2.24) is 4.98 Å². The van der Waals surface area contributed by atoms with Crippen LogP contribution in [0.1, 0.15) is 57.7 Å². The van der Waals surface area contributed by atoms with Gasteiger partial charge in [0.15, 0.2) is 0 Å². The molecule has 0 amide bonds. The van der Waals surface area contributed by atoms with E-state index in [1.807, 2.05) is 0 Å². The molecule has 1 saturated heterocycles. The molecule has 0 radical (unpaired) electrons. The molecule has 0 bridgehead atoms. The van der Waals surface area contributed by atoms with Gasteiger partial charge in [-0.3, -0.25) is 0 Å². The van der Waals surface area contributed by atoms with E-state index in [-0.39, 0.29) is 17.7 Å². The molecule has 2 aliphatic carbocycles. The zero-order valence-corrected chi connectivity index (χ0v) is 15.8. The summed E-state index contributed by atoms with van der Waals surface area (Å²) in [4.78, 5) is 7.35. The van der Waals surface area contributed by atoms with Crippen LogP contribution < -0.4 is 16.4 Å². The van der Waals surface area contributed by atoms with Crippen LogP contribution in [-0.2, 0) is 16.7 Å². The fourth-order valence-corrected chi connectivity index (χ4v) is 5.57.